The molecule has 7 nitrogen and oxygen atoms in total. The van der Waals surface area contributed by atoms with E-state index in [9.17, 15) is 14.0 Å². The summed E-state index contributed by atoms with van der Waals surface area (Å²) in [5.74, 6) is 1.55. The molecule has 194 valence electrons. The summed E-state index contributed by atoms with van der Waals surface area (Å²) in [4.78, 5) is 25.7. The van der Waals surface area contributed by atoms with Crippen LogP contribution in [-0.2, 0) is 16.0 Å². The predicted molar refractivity (Wildman–Crippen MR) is 134 cm³/mol. The molecule has 0 aliphatic carbocycles. The third-order valence-corrected chi connectivity index (χ3v) is 7.36. The SMILES string of the molecule is COc1ccc2c(c1OC)CC(C1CCN(CCCC(=O)c3ccc(F)cc3)CC1)OC2CNC=O. The highest BCUT2D eigenvalue weighted by Gasteiger charge is 2.36. The van der Waals surface area contributed by atoms with Crippen molar-refractivity contribution < 1.29 is 28.2 Å². The van der Waals surface area contributed by atoms with Gasteiger partial charge in [-0.2, -0.15) is 0 Å². The zero-order valence-corrected chi connectivity index (χ0v) is 21.0. The molecule has 1 fully saturated rings. The molecule has 4 rings (SSSR count). The average molecular weight is 499 g/mol. The Morgan fingerprint density at radius 3 is 2.56 bits per heavy atom. The van der Waals surface area contributed by atoms with E-state index in [1.54, 1.807) is 26.4 Å². The molecular formula is C28H35FN2O5. The van der Waals surface area contributed by atoms with Gasteiger partial charge in [0.15, 0.2) is 17.3 Å². The summed E-state index contributed by atoms with van der Waals surface area (Å²) < 4.78 is 30.8. The Morgan fingerprint density at radius 2 is 1.89 bits per heavy atom. The Hall–Kier alpha value is -2.97. The van der Waals surface area contributed by atoms with Crippen molar-refractivity contribution in [2.45, 2.75) is 44.3 Å². The third kappa shape index (κ3) is 6.05. The summed E-state index contributed by atoms with van der Waals surface area (Å²) in [6.45, 7) is 3.18. The number of benzene rings is 2. The Labute approximate surface area is 211 Å². The minimum atomic E-state index is -0.330. The number of hydrogen-bond acceptors (Lipinski definition) is 6. The van der Waals surface area contributed by atoms with Crippen molar-refractivity contribution in [1.82, 2.24) is 10.2 Å². The molecule has 0 saturated carbocycles. The van der Waals surface area contributed by atoms with Crippen LogP contribution in [0.5, 0.6) is 11.5 Å². The lowest BCUT2D eigenvalue weighted by Crippen LogP contribution is -2.42. The largest absolute Gasteiger partial charge is 0.493 e. The van der Waals surface area contributed by atoms with Crippen molar-refractivity contribution in [2.24, 2.45) is 5.92 Å². The zero-order valence-electron chi connectivity index (χ0n) is 21.0. The van der Waals surface area contributed by atoms with Crippen LogP contribution in [0.2, 0.25) is 0 Å². The van der Waals surface area contributed by atoms with Gasteiger partial charge in [-0.1, -0.05) is 6.07 Å². The molecule has 2 aromatic rings. The quantitative estimate of drug-likeness (QED) is 0.374. The van der Waals surface area contributed by atoms with Crippen LogP contribution in [0.1, 0.15) is 53.3 Å². The van der Waals surface area contributed by atoms with E-state index >= 15 is 0 Å². The molecule has 1 N–H and O–H groups in total. The van der Waals surface area contributed by atoms with Gasteiger partial charge in [-0.15, -0.1) is 0 Å². The maximum atomic E-state index is 13.1. The summed E-state index contributed by atoms with van der Waals surface area (Å²) in [5, 5.41) is 2.77. The van der Waals surface area contributed by atoms with Crippen molar-refractivity contribution in [3.63, 3.8) is 0 Å². The zero-order chi connectivity index (χ0) is 25.5. The summed E-state index contributed by atoms with van der Waals surface area (Å²) >= 11 is 0. The van der Waals surface area contributed by atoms with Crippen LogP contribution in [0.25, 0.3) is 0 Å². The number of hydrogen-bond donors (Lipinski definition) is 1. The van der Waals surface area contributed by atoms with Crippen LogP contribution < -0.4 is 14.8 Å². The number of halogens is 1. The molecule has 2 aliphatic heterocycles. The molecule has 2 aliphatic rings. The van der Waals surface area contributed by atoms with E-state index in [0.717, 1.165) is 62.2 Å². The number of ether oxygens (including phenoxy) is 3. The fraction of sp³-hybridized carbons (Fsp3) is 0.500. The average Bonchev–Trinajstić information content (AvgIpc) is 2.91. The molecule has 2 heterocycles. The number of carbonyl (C=O) groups is 2. The number of carbonyl (C=O) groups excluding carboxylic acids is 2. The van der Waals surface area contributed by atoms with E-state index in [2.05, 4.69) is 10.2 Å². The van der Waals surface area contributed by atoms with Gasteiger partial charge < -0.3 is 24.4 Å². The molecule has 1 amide bonds. The van der Waals surface area contributed by atoms with Gasteiger partial charge in [-0.05, 0) is 80.7 Å². The van der Waals surface area contributed by atoms with Crippen LogP contribution in [0.4, 0.5) is 4.39 Å². The molecule has 0 spiro atoms. The number of Topliss-reactive ketones (excluding diaryl/α,β-unsaturated/α-hetero) is 1. The molecule has 1 saturated heterocycles. The molecule has 0 bridgehead atoms. The molecule has 0 radical (unpaired) electrons. The van der Waals surface area contributed by atoms with Crippen molar-refractivity contribution in [2.75, 3.05) is 40.4 Å². The lowest BCUT2D eigenvalue weighted by Gasteiger charge is -2.41. The van der Waals surface area contributed by atoms with E-state index in [0.29, 0.717) is 36.6 Å². The highest BCUT2D eigenvalue weighted by atomic mass is 19.1. The molecule has 0 aromatic heterocycles. The maximum Gasteiger partial charge on any atom is 0.207 e. The number of nitrogens with one attached hydrogen (secondary N) is 1. The fourth-order valence-electron chi connectivity index (χ4n) is 5.43. The van der Waals surface area contributed by atoms with E-state index < -0.39 is 0 Å². The van der Waals surface area contributed by atoms with Crippen LogP contribution in [-0.4, -0.2) is 63.6 Å². The van der Waals surface area contributed by atoms with Gasteiger partial charge in [0.05, 0.1) is 20.3 Å². The lowest BCUT2D eigenvalue weighted by atomic mass is 9.83. The topological polar surface area (TPSA) is 77.1 Å². The normalized spacial score (nSPS) is 20.4. The van der Waals surface area contributed by atoms with Gasteiger partial charge in [0.2, 0.25) is 6.41 Å². The van der Waals surface area contributed by atoms with Gasteiger partial charge in [-0.3, -0.25) is 9.59 Å². The first kappa shape index (κ1) is 26.1. The number of fused-ring (bicyclic) bond motifs is 1. The van der Waals surface area contributed by atoms with Crippen molar-refractivity contribution in [1.29, 1.82) is 0 Å². The van der Waals surface area contributed by atoms with Gasteiger partial charge >= 0.3 is 0 Å². The number of methoxy groups -OCH3 is 2. The first-order valence-electron chi connectivity index (χ1n) is 12.6. The summed E-state index contributed by atoms with van der Waals surface area (Å²) in [6, 6.07) is 9.64. The first-order valence-corrected chi connectivity index (χ1v) is 12.6. The number of amides is 1. The second-order valence-electron chi connectivity index (χ2n) is 9.47. The van der Waals surface area contributed by atoms with E-state index in [4.69, 9.17) is 14.2 Å². The van der Waals surface area contributed by atoms with Gasteiger partial charge in [0.25, 0.3) is 0 Å². The highest BCUT2D eigenvalue weighted by Crippen LogP contribution is 2.43. The molecule has 36 heavy (non-hydrogen) atoms. The lowest BCUT2D eigenvalue weighted by molar-refractivity contribution is -0.111. The number of likely N-dealkylation sites (tertiary alicyclic amines) is 1. The number of ketones is 1. The number of piperidine rings is 1. The van der Waals surface area contributed by atoms with Crippen LogP contribution >= 0.6 is 0 Å². The van der Waals surface area contributed by atoms with Crippen molar-refractivity contribution >= 4 is 12.2 Å². The summed E-state index contributed by atoms with van der Waals surface area (Å²) in [7, 11) is 3.29. The standard InChI is InChI=1S/C28H35FN2O5/c1-34-25-10-9-22-23(28(25)35-2)16-26(36-27(22)17-30-18-32)20-11-14-31(15-12-20)13-3-4-24(33)19-5-7-21(29)8-6-19/h5-10,18,20,26-27H,3-4,11-17H2,1-2H3,(H,30,32). The fourth-order valence-corrected chi connectivity index (χ4v) is 5.43. The van der Waals surface area contributed by atoms with Gasteiger partial charge in [0.1, 0.15) is 11.9 Å². The molecular weight excluding hydrogens is 463 g/mol. The van der Waals surface area contributed by atoms with Crippen LogP contribution in [0.15, 0.2) is 36.4 Å². The van der Waals surface area contributed by atoms with Crippen LogP contribution in [0.3, 0.4) is 0 Å². The molecule has 8 heteroatoms. The van der Waals surface area contributed by atoms with Gasteiger partial charge in [-0.25, -0.2) is 4.39 Å². The molecule has 2 atom stereocenters. The minimum Gasteiger partial charge on any atom is -0.493 e. The van der Waals surface area contributed by atoms with Gasteiger partial charge in [0, 0.05) is 30.5 Å². The number of nitrogens with zero attached hydrogens (tertiary/aromatic N) is 1. The van der Waals surface area contributed by atoms with E-state index in [1.165, 1.54) is 12.1 Å². The van der Waals surface area contributed by atoms with E-state index in [-0.39, 0.29) is 23.8 Å². The Kier molecular flexibility index (Phi) is 8.93. The monoisotopic (exact) mass is 498 g/mol. The minimum absolute atomic E-state index is 0.0270. The summed E-state index contributed by atoms with van der Waals surface area (Å²) in [6.07, 6.45) is 4.49. The molecule has 2 unspecified atom stereocenters. The highest BCUT2D eigenvalue weighted by molar-refractivity contribution is 5.95. The second kappa shape index (κ2) is 12.3. The Balaban J connectivity index is 1.33. The Bertz CT molecular complexity index is 1040. The van der Waals surface area contributed by atoms with E-state index in [1.807, 2.05) is 12.1 Å². The predicted octanol–water partition coefficient (Wildman–Crippen LogP) is 3.95. The summed E-state index contributed by atoms with van der Waals surface area (Å²) in [5.41, 5.74) is 2.68. The van der Waals surface area contributed by atoms with Crippen molar-refractivity contribution in [3.05, 3.63) is 58.9 Å². The maximum absolute atomic E-state index is 13.1. The number of rotatable bonds is 11. The Morgan fingerprint density at radius 1 is 1.14 bits per heavy atom. The van der Waals surface area contributed by atoms with Crippen LogP contribution in [0, 0.1) is 11.7 Å². The third-order valence-electron chi connectivity index (χ3n) is 7.36. The first-order chi connectivity index (χ1) is 17.5. The second-order valence-corrected chi connectivity index (χ2v) is 9.47. The molecule has 2 aromatic carbocycles. The van der Waals surface area contributed by atoms with Crippen molar-refractivity contribution in [3.8, 4) is 11.5 Å². The smallest absolute Gasteiger partial charge is 0.207 e.